The van der Waals surface area contributed by atoms with E-state index in [4.69, 9.17) is 9.47 Å². The minimum absolute atomic E-state index is 0.276. The Morgan fingerprint density at radius 2 is 2.17 bits per heavy atom. The summed E-state index contributed by atoms with van der Waals surface area (Å²) in [5.74, 6) is -0.601. The van der Waals surface area contributed by atoms with E-state index in [0.717, 1.165) is 12.8 Å². The molecule has 0 radical (unpaired) electrons. The van der Waals surface area contributed by atoms with Gasteiger partial charge in [0.15, 0.2) is 5.79 Å². The Morgan fingerprint density at radius 3 is 2.83 bits per heavy atom. The minimum atomic E-state index is -0.601. The molecule has 0 aliphatic carbocycles. The highest BCUT2D eigenvalue weighted by Gasteiger charge is 2.36. The van der Waals surface area contributed by atoms with Gasteiger partial charge < -0.3 is 14.6 Å². The van der Waals surface area contributed by atoms with Gasteiger partial charge in [-0.15, -0.1) is 0 Å². The zero-order chi connectivity index (χ0) is 8.44. The highest BCUT2D eigenvalue weighted by Crippen LogP contribution is 2.30. The first-order chi connectivity index (χ1) is 5.81. The predicted octanol–water partition coefficient (Wildman–Crippen LogP) is 0.831. The lowest BCUT2D eigenvalue weighted by Gasteiger charge is -2.38. The van der Waals surface area contributed by atoms with Gasteiger partial charge in [0, 0.05) is 6.42 Å². The smallest absolute Gasteiger partial charge is 0.190 e. The third-order valence-electron chi connectivity index (χ3n) is 2.32. The first-order valence-electron chi connectivity index (χ1n) is 4.44. The molecule has 2 aliphatic heterocycles. The van der Waals surface area contributed by atoms with Crippen LogP contribution < -0.4 is 0 Å². The summed E-state index contributed by atoms with van der Waals surface area (Å²) in [7, 11) is 0. The lowest BCUT2D eigenvalue weighted by molar-refractivity contribution is -0.244. The number of hydrogen-bond acceptors (Lipinski definition) is 3. The highest BCUT2D eigenvalue weighted by molar-refractivity contribution is 5.02. The first-order valence-corrected chi connectivity index (χ1v) is 4.44. The molecule has 1 spiro atoms. The van der Waals surface area contributed by atoms with Crippen LogP contribution in [0.5, 0.6) is 0 Å². The maximum Gasteiger partial charge on any atom is 0.190 e. The van der Waals surface area contributed by atoms with Gasteiger partial charge in [-0.25, -0.2) is 0 Å². The van der Waals surface area contributed by atoms with Crippen molar-refractivity contribution in [3.8, 4) is 0 Å². The van der Waals surface area contributed by atoms with E-state index in [1.54, 1.807) is 0 Å². The van der Waals surface area contributed by atoms with Crippen LogP contribution in [0.3, 0.4) is 0 Å². The second-order valence-electron chi connectivity index (χ2n) is 3.35. The average molecular weight is 170 g/mol. The molecule has 2 heterocycles. The molecule has 12 heavy (non-hydrogen) atoms. The Labute approximate surface area is 72.0 Å². The zero-order valence-corrected chi connectivity index (χ0v) is 7.03. The van der Waals surface area contributed by atoms with Gasteiger partial charge in [-0.05, 0) is 18.9 Å². The Kier molecular flexibility index (Phi) is 2.17. The quantitative estimate of drug-likeness (QED) is 0.547. The molecule has 1 N–H and O–H groups in total. The van der Waals surface area contributed by atoms with Gasteiger partial charge >= 0.3 is 0 Å². The number of aliphatic hydroxyl groups is 1. The molecule has 1 saturated heterocycles. The minimum Gasteiger partial charge on any atom is -0.393 e. The fraction of sp³-hybridized carbons (Fsp3) is 0.778. The molecular formula is C9H14O3. The monoisotopic (exact) mass is 170 g/mol. The molecule has 1 fully saturated rings. The van der Waals surface area contributed by atoms with Crippen molar-refractivity contribution < 1.29 is 14.6 Å². The van der Waals surface area contributed by atoms with Crippen molar-refractivity contribution in [3.05, 3.63) is 12.2 Å². The summed E-state index contributed by atoms with van der Waals surface area (Å²) in [5.41, 5.74) is 0. The molecule has 0 aromatic rings. The van der Waals surface area contributed by atoms with Crippen LogP contribution >= 0.6 is 0 Å². The molecule has 0 bridgehead atoms. The summed E-state index contributed by atoms with van der Waals surface area (Å²) in [4.78, 5) is 0. The van der Waals surface area contributed by atoms with E-state index in [1.807, 2.05) is 6.08 Å². The fourth-order valence-corrected chi connectivity index (χ4v) is 1.68. The highest BCUT2D eigenvalue weighted by atomic mass is 16.7. The molecule has 3 heteroatoms. The molecule has 68 valence electrons. The van der Waals surface area contributed by atoms with Gasteiger partial charge in [-0.3, -0.25) is 0 Å². The molecule has 3 nitrogen and oxygen atoms in total. The number of aliphatic hydroxyl groups excluding tert-OH is 1. The van der Waals surface area contributed by atoms with Crippen molar-refractivity contribution in [1.29, 1.82) is 0 Å². The first kappa shape index (κ1) is 8.23. The second-order valence-corrected chi connectivity index (χ2v) is 3.35. The molecule has 0 amide bonds. The van der Waals surface area contributed by atoms with Gasteiger partial charge in [0.05, 0.1) is 19.3 Å². The van der Waals surface area contributed by atoms with Crippen molar-refractivity contribution >= 4 is 0 Å². The summed E-state index contributed by atoms with van der Waals surface area (Å²) in [5, 5.41) is 9.43. The predicted molar refractivity (Wildman–Crippen MR) is 43.6 cm³/mol. The maximum atomic E-state index is 9.43. The maximum absolute atomic E-state index is 9.43. The molecular weight excluding hydrogens is 156 g/mol. The van der Waals surface area contributed by atoms with E-state index in [-0.39, 0.29) is 6.10 Å². The Morgan fingerprint density at radius 1 is 1.33 bits per heavy atom. The topological polar surface area (TPSA) is 38.7 Å². The van der Waals surface area contributed by atoms with Crippen molar-refractivity contribution in [2.75, 3.05) is 13.2 Å². The van der Waals surface area contributed by atoms with Crippen LogP contribution in [0.1, 0.15) is 19.3 Å². The summed E-state index contributed by atoms with van der Waals surface area (Å²) in [6.45, 7) is 1.29. The Bertz CT molecular complexity index is 190. The van der Waals surface area contributed by atoms with Crippen LogP contribution in [-0.2, 0) is 9.47 Å². The van der Waals surface area contributed by atoms with E-state index in [9.17, 15) is 5.11 Å². The lowest BCUT2D eigenvalue weighted by Crippen LogP contribution is -2.44. The van der Waals surface area contributed by atoms with Crippen molar-refractivity contribution in [1.82, 2.24) is 0 Å². The molecule has 0 aromatic heterocycles. The molecule has 2 aliphatic rings. The van der Waals surface area contributed by atoms with E-state index < -0.39 is 5.79 Å². The van der Waals surface area contributed by atoms with Gasteiger partial charge in [-0.2, -0.15) is 0 Å². The standard InChI is InChI=1S/C9H14O3/c10-8-3-6-12-9(7-8)4-1-2-5-11-9/h1,4,8,10H,2-3,5-7H2/t8-,9-/m0/s1. The van der Waals surface area contributed by atoms with Crippen LogP contribution in [0.15, 0.2) is 12.2 Å². The number of rotatable bonds is 0. The molecule has 2 atom stereocenters. The Hall–Kier alpha value is -0.380. The lowest BCUT2D eigenvalue weighted by atomic mass is 10.0. The van der Waals surface area contributed by atoms with Gasteiger partial charge in [0.2, 0.25) is 0 Å². The zero-order valence-electron chi connectivity index (χ0n) is 7.03. The van der Waals surface area contributed by atoms with Crippen LogP contribution in [0.25, 0.3) is 0 Å². The largest absolute Gasteiger partial charge is 0.393 e. The molecule has 0 aromatic carbocycles. The third-order valence-corrected chi connectivity index (χ3v) is 2.32. The van der Waals surface area contributed by atoms with E-state index in [0.29, 0.717) is 19.6 Å². The van der Waals surface area contributed by atoms with Crippen molar-refractivity contribution in [2.45, 2.75) is 31.2 Å². The van der Waals surface area contributed by atoms with E-state index >= 15 is 0 Å². The summed E-state index contributed by atoms with van der Waals surface area (Å²) < 4.78 is 11.0. The van der Waals surface area contributed by atoms with Crippen molar-refractivity contribution in [3.63, 3.8) is 0 Å². The van der Waals surface area contributed by atoms with Crippen LogP contribution in [0, 0.1) is 0 Å². The van der Waals surface area contributed by atoms with Crippen LogP contribution in [-0.4, -0.2) is 30.2 Å². The fourth-order valence-electron chi connectivity index (χ4n) is 1.68. The third kappa shape index (κ3) is 1.53. The number of hydrogen-bond donors (Lipinski definition) is 1. The van der Waals surface area contributed by atoms with E-state index in [1.165, 1.54) is 0 Å². The number of ether oxygens (including phenoxy) is 2. The normalized spacial score (nSPS) is 41.9. The molecule has 0 saturated carbocycles. The van der Waals surface area contributed by atoms with Gasteiger partial charge in [-0.1, -0.05) is 6.08 Å². The van der Waals surface area contributed by atoms with Crippen molar-refractivity contribution in [2.24, 2.45) is 0 Å². The van der Waals surface area contributed by atoms with E-state index in [2.05, 4.69) is 6.08 Å². The van der Waals surface area contributed by atoms with Gasteiger partial charge in [0.25, 0.3) is 0 Å². The molecule has 0 unspecified atom stereocenters. The summed E-state index contributed by atoms with van der Waals surface area (Å²) >= 11 is 0. The SMILES string of the molecule is O[C@H]1CCO[C@@]2(C=CCCO2)C1. The van der Waals surface area contributed by atoms with Gasteiger partial charge in [0.1, 0.15) is 0 Å². The Balaban J connectivity index is 2.07. The summed E-state index contributed by atoms with van der Waals surface area (Å²) in [6.07, 6.45) is 5.95. The average Bonchev–Trinajstić information content (AvgIpc) is 2.05. The second kappa shape index (κ2) is 3.17. The van der Waals surface area contributed by atoms with Crippen LogP contribution in [0.2, 0.25) is 0 Å². The van der Waals surface area contributed by atoms with Crippen LogP contribution in [0.4, 0.5) is 0 Å². The summed E-state index contributed by atoms with van der Waals surface area (Å²) in [6, 6.07) is 0. The molecule has 2 rings (SSSR count).